The third kappa shape index (κ3) is 7.00. The van der Waals surface area contributed by atoms with Gasteiger partial charge in [0.15, 0.2) is 0 Å². The van der Waals surface area contributed by atoms with E-state index in [2.05, 4.69) is 21.2 Å². The molecule has 2 aromatic heterocycles. The van der Waals surface area contributed by atoms with Crippen LogP contribution in [0.4, 0.5) is 23.7 Å². The van der Waals surface area contributed by atoms with Crippen molar-refractivity contribution in [2.75, 3.05) is 5.32 Å². The van der Waals surface area contributed by atoms with Crippen LogP contribution in [-0.2, 0) is 26.2 Å². The normalized spacial score (nSPS) is 12.1. The summed E-state index contributed by atoms with van der Waals surface area (Å²) in [7, 11) is -7.73. The number of alkyl halides is 3. The Morgan fingerprint density at radius 1 is 0.925 bits per heavy atom. The van der Waals surface area contributed by atoms with Gasteiger partial charge in [0.1, 0.15) is 9.79 Å². The fourth-order valence-electron chi connectivity index (χ4n) is 3.37. The number of carbonyl (C=O) groups excluding carboxylic acids is 1. The predicted octanol–water partition coefficient (Wildman–Crippen LogP) is 6.27. The quantitative estimate of drug-likeness (QED) is 0.204. The SMILES string of the molecule is NS(=O)(=O)c1cc2ccccc2s1.O=C(Nc1ccc(C(F)(F)F)c(Br)c1)NS(=O)(=O)c1ccc2occc2c1. The van der Waals surface area contributed by atoms with E-state index in [4.69, 9.17) is 9.56 Å². The van der Waals surface area contributed by atoms with Crippen LogP contribution in [-0.4, -0.2) is 22.9 Å². The lowest BCUT2D eigenvalue weighted by atomic mass is 10.2. The number of anilines is 1. The van der Waals surface area contributed by atoms with Crippen molar-refractivity contribution in [2.45, 2.75) is 15.3 Å². The van der Waals surface area contributed by atoms with Crippen molar-refractivity contribution in [2.24, 2.45) is 5.14 Å². The van der Waals surface area contributed by atoms with Crippen molar-refractivity contribution in [3.63, 3.8) is 0 Å². The van der Waals surface area contributed by atoms with Gasteiger partial charge in [-0.05, 0) is 60.0 Å². The average molecular weight is 677 g/mol. The number of primary sulfonamides is 1. The number of nitrogens with one attached hydrogen (secondary N) is 2. The molecule has 3 aromatic carbocycles. The molecule has 0 spiro atoms. The summed E-state index contributed by atoms with van der Waals surface area (Å²) in [6.07, 6.45) is -3.17. The summed E-state index contributed by atoms with van der Waals surface area (Å²) >= 11 is 3.96. The lowest BCUT2D eigenvalue weighted by Gasteiger charge is -2.12. The summed E-state index contributed by atoms with van der Waals surface area (Å²) in [6, 6.07) is 16.3. The first-order valence-corrected chi connectivity index (χ1v) is 15.5. The molecule has 9 nitrogen and oxygen atoms in total. The number of sulfonamides is 2. The van der Waals surface area contributed by atoms with Crippen LogP contribution in [0.1, 0.15) is 5.56 Å². The third-order valence-electron chi connectivity index (χ3n) is 5.18. The first-order valence-electron chi connectivity index (χ1n) is 10.8. The zero-order valence-corrected chi connectivity index (χ0v) is 23.8. The van der Waals surface area contributed by atoms with Gasteiger partial charge < -0.3 is 9.73 Å². The van der Waals surface area contributed by atoms with Gasteiger partial charge in [0.2, 0.25) is 10.0 Å². The number of hydrogen-bond acceptors (Lipinski definition) is 7. The van der Waals surface area contributed by atoms with Gasteiger partial charge in [-0.25, -0.2) is 31.5 Å². The number of fused-ring (bicyclic) bond motifs is 2. The van der Waals surface area contributed by atoms with E-state index in [1.165, 1.54) is 35.8 Å². The highest BCUT2D eigenvalue weighted by Gasteiger charge is 2.33. The Balaban J connectivity index is 0.000000236. The van der Waals surface area contributed by atoms with Gasteiger partial charge in [-0.3, -0.25) is 0 Å². The van der Waals surface area contributed by atoms with Gasteiger partial charge >= 0.3 is 12.2 Å². The molecule has 2 heterocycles. The minimum atomic E-state index is -4.56. The maximum absolute atomic E-state index is 12.7. The molecule has 5 aromatic rings. The van der Waals surface area contributed by atoms with Gasteiger partial charge in [-0.1, -0.05) is 34.1 Å². The first kappa shape index (κ1) is 29.5. The highest BCUT2D eigenvalue weighted by Crippen LogP contribution is 2.36. The standard InChI is InChI=1S/C16H10BrF3N2O4S.C8H7NO2S2/c17-13-8-10(1-3-12(13)16(18,19)20)21-15(23)22-27(24,25)11-2-4-14-9(7-11)5-6-26-14;9-13(10,11)8-5-6-3-1-2-4-7(6)12-8/h1-8H,(H2,21,22,23);1-5H,(H2,9,10,11). The fourth-order valence-corrected chi connectivity index (χ4v) is 6.74. The maximum atomic E-state index is 12.7. The van der Waals surface area contributed by atoms with Gasteiger partial charge in [0.05, 0.1) is 16.7 Å². The van der Waals surface area contributed by atoms with Crippen LogP contribution < -0.4 is 15.2 Å². The van der Waals surface area contributed by atoms with Crippen LogP contribution in [0.15, 0.2) is 97.1 Å². The van der Waals surface area contributed by atoms with Crippen molar-refractivity contribution >= 4 is 80.1 Å². The van der Waals surface area contributed by atoms with Crippen LogP contribution >= 0.6 is 27.3 Å². The molecule has 0 bridgehead atoms. The lowest BCUT2D eigenvalue weighted by molar-refractivity contribution is -0.138. The Morgan fingerprint density at radius 2 is 1.65 bits per heavy atom. The molecular formula is C24H17BrF3N3O6S3. The molecule has 0 saturated heterocycles. The van der Waals surface area contributed by atoms with E-state index >= 15 is 0 Å². The van der Waals surface area contributed by atoms with Crippen molar-refractivity contribution in [1.29, 1.82) is 0 Å². The Kier molecular flexibility index (Phi) is 8.28. The van der Waals surface area contributed by atoms with Crippen LogP contribution in [0.25, 0.3) is 21.1 Å². The topological polar surface area (TPSA) is 149 Å². The molecule has 0 aliphatic rings. The second-order valence-electron chi connectivity index (χ2n) is 8.02. The van der Waals surface area contributed by atoms with E-state index in [9.17, 15) is 34.8 Å². The fraction of sp³-hybridized carbons (Fsp3) is 0.0417. The maximum Gasteiger partial charge on any atom is 0.417 e. The third-order valence-corrected chi connectivity index (χ3v) is 9.70. The van der Waals surface area contributed by atoms with E-state index in [-0.39, 0.29) is 19.3 Å². The van der Waals surface area contributed by atoms with Crippen molar-refractivity contribution in [1.82, 2.24) is 4.72 Å². The van der Waals surface area contributed by atoms with E-state index in [0.717, 1.165) is 28.3 Å². The Hall–Kier alpha value is -3.44. The van der Waals surface area contributed by atoms with Gasteiger partial charge in [0.25, 0.3) is 10.0 Å². The molecule has 210 valence electrons. The lowest BCUT2D eigenvalue weighted by Crippen LogP contribution is -2.34. The van der Waals surface area contributed by atoms with Crippen molar-refractivity contribution < 1.29 is 39.2 Å². The molecular weight excluding hydrogens is 659 g/mol. The smallest absolute Gasteiger partial charge is 0.417 e. The zero-order chi connectivity index (χ0) is 29.3. The number of thiophene rings is 1. The number of carbonyl (C=O) groups is 1. The Bertz CT molecular complexity index is 1900. The molecule has 40 heavy (non-hydrogen) atoms. The number of nitrogens with two attached hydrogens (primary N) is 1. The highest BCUT2D eigenvalue weighted by molar-refractivity contribution is 9.10. The Morgan fingerprint density at radius 3 is 2.30 bits per heavy atom. The summed E-state index contributed by atoms with van der Waals surface area (Å²) in [5, 5.41) is 8.62. The monoisotopic (exact) mass is 675 g/mol. The number of amides is 2. The van der Waals surface area contributed by atoms with Crippen LogP contribution in [0.3, 0.4) is 0 Å². The summed E-state index contributed by atoms with van der Waals surface area (Å²) in [5.41, 5.74) is -0.463. The highest BCUT2D eigenvalue weighted by atomic mass is 79.9. The average Bonchev–Trinajstić information content (AvgIpc) is 3.50. The van der Waals surface area contributed by atoms with E-state index in [1.54, 1.807) is 16.9 Å². The molecule has 0 radical (unpaired) electrons. The number of benzene rings is 3. The van der Waals surface area contributed by atoms with E-state index in [0.29, 0.717) is 11.0 Å². The first-order chi connectivity index (χ1) is 18.6. The van der Waals surface area contributed by atoms with E-state index < -0.39 is 37.8 Å². The van der Waals surface area contributed by atoms with Crippen molar-refractivity contribution in [3.05, 3.63) is 89.1 Å². The second kappa shape index (κ2) is 11.2. The number of rotatable bonds is 4. The van der Waals surface area contributed by atoms with Crippen molar-refractivity contribution in [3.8, 4) is 0 Å². The number of halogens is 4. The largest absolute Gasteiger partial charge is 0.464 e. The summed E-state index contributed by atoms with van der Waals surface area (Å²) in [6.45, 7) is 0. The summed E-state index contributed by atoms with van der Waals surface area (Å²) < 4.78 is 92.5. The molecule has 0 unspecified atom stereocenters. The van der Waals surface area contributed by atoms with Gasteiger partial charge in [0, 0.05) is 20.2 Å². The zero-order valence-electron chi connectivity index (χ0n) is 19.8. The molecule has 0 fully saturated rings. The van der Waals surface area contributed by atoms with Gasteiger partial charge in [-0.2, -0.15) is 13.2 Å². The Labute approximate surface area is 238 Å². The number of urea groups is 1. The minimum absolute atomic E-state index is 0.0205. The molecule has 0 saturated carbocycles. The molecule has 0 aliphatic heterocycles. The molecule has 2 amide bonds. The second-order valence-corrected chi connectivity index (χ2v) is 13.4. The van der Waals surface area contributed by atoms with E-state index in [1.807, 2.05) is 24.3 Å². The molecule has 5 rings (SSSR count). The van der Waals surface area contributed by atoms with Crippen LogP contribution in [0, 0.1) is 0 Å². The number of hydrogen-bond donors (Lipinski definition) is 3. The summed E-state index contributed by atoms with van der Waals surface area (Å²) in [5.74, 6) is 0. The molecule has 0 atom stereocenters. The predicted molar refractivity (Wildman–Crippen MR) is 148 cm³/mol. The minimum Gasteiger partial charge on any atom is -0.464 e. The molecule has 0 aliphatic carbocycles. The van der Waals surface area contributed by atoms with Crippen LogP contribution in [0.5, 0.6) is 0 Å². The molecule has 4 N–H and O–H groups in total. The van der Waals surface area contributed by atoms with Crippen LogP contribution in [0.2, 0.25) is 0 Å². The number of furan rings is 1. The van der Waals surface area contributed by atoms with Gasteiger partial charge in [-0.15, -0.1) is 11.3 Å². The molecule has 16 heteroatoms. The summed E-state index contributed by atoms with van der Waals surface area (Å²) in [4.78, 5) is 11.8.